The number of non-ortho nitro benzene ring substituents is 1. The Hall–Kier alpha value is -2.96. The molecule has 20 heavy (non-hydrogen) atoms. The first-order valence-corrected chi connectivity index (χ1v) is 5.98. The van der Waals surface area contributed by atoms with Crippen molar-refractivity contribution in [1.82, 2.24) is 15.2 Å². The Kier molecular flexibility index (Phi) is 3.00. The van der Waals surface area contributed by atoms with Crippen LogP contribution in [0.5, 0.6) is 0 Å². The first kappa shape index (κ1) is 12.1. The summed E-state index contributed by atoms with van der Waals surface area (Å²) < 4.78 is 0. The number of nitro groups is 1. The Balaban J connectivity index is 1.99. The number of hydrogen-bond acceptors (Lipinski definition) is 5. The maximum atomic E-state index is 11.0. The highest BCUT2D eigenvalue weighted by molar-refractivity contribution is 5.99. The fourth-order valence-corrected chi connectivity index (χ4v) is 2.06. The van der Waals surface area contributed by atoms with Crippen LogP contribution in [0.3, 0.4) is 0 Å². The summed E-state index contributed by atoms with van der Waals surface area (Å²) in [5.41, 5.74) is 1.89. The van der Waals surface area contributed by atoms with Crippen LogP contribution >= 0.6 is 0 Å². The Bertz CT molecular complexity index is 755. The molecule has 0 fully saturated rings. The molecule has 0 atom stereocenters. The zero-order valence-corrected chi connectivity index (χ0v) is 10.4. The summed E-state index contributed by atoms with van der Waals surface area (Å²) in [7, 11) is 0. The highest BCUT2D eigenvalue weighted by Gasteiger charge is 2.13. The molecule has 100 valence electrons. The van der Waals surface area contributed by atoms with Gasteiger partial charge in [0, 0.05) is 47.8 Å². The average Bonchev–Trinajstić information content (AvgIpc) is 2.97. The fraction of sp³-hybridized carbons (Fsp3) is 0.0769. The number of rotatable bonds is 4. The van der Waals surface area contributed by atoms with Crippen molar-refractivity contribution in [2.45, 2.75) is 6.54 Å². The van der Waals surface area contributed by atoms with Crippen LogP contribution in [-0.2, 0) is 6.54 Å². The summed E-state index contributed by atoms with van der Waals surface area (Å²) >= 11 is 0. The zero-order chi connectivity index (χ0) is 13.9. The van der Waals surface area contributed by atoms with Crippen LogP contribution in [0, 0.1) is 10.1 Å². The van der Waals surface area contributed by atoms with Gasteiger partial charge in [-0.05, 0) is 12.1 Å². The normalized spacial score (nSPS) is 10.6. The maximum Gasteiger partial charge on any atom is 0.277 e. The van der Waals surface area contributed by atoms with Crippen molar-refractivity contribution in [3.8, 4) is 0 Å². The lowest BCUT2D eigenvalue weighted by molar-refractivity contribution is -0.383. The molecule has 0 bridgehead atoms. The van der Waals surface area contributed by atoms with E-state index in [0.717, 1.165) is 16.6 Å². The third kappa shape index (κ3) is 2.16. The van der Waals surface area contributed by atoms with Crippen molar-refractivity contribution in [1.29, 1.82) is 0 Å². The third-order valence-electron chi connectivity index (χ3n) is 3.03. The van der Waals surface area contributed by atoms with Crippen molar-refractivity contribution in [2.75, 3.05) is 5.32 Å². The van der Waals surface area contributed by atoms with E-state index in [2.05, 4.69) is 20.5 Å². The van der Waals surface area contributed by atoms with Crippen LogP contribution in [0.25, 0.3) is 10.8 Å². The molecule has 0 spiro atoms. The molecule has 7 heteroatoms. The number of aromatic amines is 1. The fourth-order valence-electron chi connectivity index (χ4n) is 2.06. The van der Waals surface area contributed by atoms with Crippen LogP contribution in [0.2, 0.25) is 0 Å². The van der Waals surface area contributed by atoms with Gasteiger partial charge in [0.1, 0.15) is 0 Å². The molecule has 3 aromatic rings. The molecule has 0 radical (unpaired) electrons. The summed E-state index contributed by atoms with van der Waals surface area (Å²) in [4.78, 5) is 14.7. The second kappa shape index (κ2) is 4.96. The molecular formula is C13H11N5O2. The SMILES string of the molecule is O=[N+]([O-])c1ccc(NCc2cn[nH]c2)c2cnccc12. The summed E-state index contributed by atoms with van der Waals surface area (Å²) in [6.45, 7) is 0.582. The molecule has 2 N–H and O–H groups in total. The zero-order valence-electron chi connectivity index (χ0n) is 10.4. The van der Waals surface area contributed by atoms with E-state index in [0.29, 0.717) is 11.9 Å². The number of nitrogens with one attached hydrogen (secondary N) is 2. The van der Waals surface area contributed by atoms with Crippen molar-refractivity contribution in [3.63, 3.8) is 0 Å². The minimum absolute atomic E-state index is 0.0799. The van der Waals surface area contributed by atoms with Gasteiger partial charge in [-0.3, -0.25) is 20.2 Å². The van der Waals surface area contributed by atoms with E-state index in [1.54, 1.807) is 36.9 Å². The summed E-state index contributed by atoms with van der Waals surface area (Å²) in [6.07, 6.45) is 6.69. The largest absolute Gasteiger partial charge is 0.380 e. The molecule has 0 aliphatic carbocycles. The highest BCUT2D eigenvalue weighted by atomic mass is 16.6. The van der Waals surface area contributed by atoms with Gasteiger partial charge in [0.25, 0.3) is 5.69 Å². The van der Waals surface area contributed by atoms with Crippen molar-refractivity contribution in [3.05, 3.63) is 58.7 Å². The van der Waals surface area contributed by atoms with Crippen molar-refractivity contribution < 1.29 is 4.92 Å². The van der Waals surface area contributed by atoms with Crippen LogP contribution in [0.1, 0.15) is 5.56 Å². The van der Waals surface area contributed by atoms with Gasteiger partial charge < -0.3 is 5.32 Å². The van der Waals surface area contributed by atoms with Gasteiger partial charge in [-0.2, -0.15) is 5.10 Å². The van der Waals surface area contributed by atoms with Gasteiger partial charge in [0.15, 0.2) is 0 Å². The quantitative estimate of drug-likeness (QED) is 0.560. The first-order valence-electron chi connectivity index (χ1n) is 5.98. The molecule has 3 rings (SSSR count). The van der Waals surface area contributed by atoms with E-state index in [-0.39, 0.29) is 10.6 Å². The second-order valence-corrected chi connectivity index (χ2v) is 4.27. The van der Waals surface area contributed by atoms with Crippen molar-refractivity contribution in [2.24, 2.45) is 0 Å². The Morgan fingerprint density at radius 1 is 1.25 bits per heavy atom. The number of hydrogen-bond donors (Lipinski definition) is 2. The summed E-state index contributed by atoms with van der Waals surface area (Å²) in [5.74, 6) is 0. The predicted octanol–water partition coefficient (Wildman–Crippen LogP) is 2.48. The lowest BCUT2D eigenvalue weighted by Gasteiger charge is -2.08. The number of pyridine rings is 1. The smallest absolute Gasteiger partial charge is 0.277 e. The van der Waals surface area contributed by atoms with E-state index < -0.39 is 0 Å². The topological polar surface area (TPSA) is 96.7 Å². The first-order chi connectivity index (χ1) is 9.75. The van der Waals surface area contributed by atoms with Gasteiger partial charge in [0.05, 0.1) is 16.5 Å². The minimum atomic E-state index is -0.387. The lowest BCUT2D eigenvalue weighted by atomic mass is 10.1. The van der Waals surface area contributed by atoms with Gasteiger partial charge >= 0.3 is 0 Å². The molecule has 0 amide bonds. The monoisotopic (exact) mass is 269 g/mol. The molecular weight excluding hydrogens is 258 g/mol. The third-order valence-corrected chi connectivity index (χ3v) is 3.03. The molecule has 2 heterocycles. The number of H-pyrrole nitrogens is 1. The van der Waals surface area contributed by atoms with E-state index in [1.807, 2.05) is 0 Å². The highest BCUT2D eigenvalue weighted by Crippen LogP contribution is 2.30. The molecule has 0 saturated carbocycles. The van der Waals surface area contributed by atoms with Gasteiger partial charge in [-0.25, -0.2) is 0 Å². The lowest BCUT2D eigenvalue weighted by Crippen LogP contribution is -2.00. The maximum absolute atomic E-state index is 11.0. The number of aromatic nitrogens is 3. The standard InChI is InChI=1S/C13H11N5O2/c19-18(20)13-2-1-12(11-8-14-4-3-10(11)13)15-5-9-6-16-17-7-9/h1-4,6-8,15H,5H2,(H,16,17). The Morgan fingerprint density at radius 3 is 2.90 bits per heavy atom. The molecule has 0 aliphatic heterocycles. The summed E-state index contributed by atoms with van der Waals surface area (Å²) in [5, 5.41) is 22.2. The number of benzene rings is 1. The molecule has 0 saturated heterocycles. The van der Waals surface area contributed by atoms with E-state index in [1.165, 1.54) is 6.07 Å². The molecule has 2 aromatic heterocycles. The van der Waals surface area contributed by atoms with E-state index in [4.69, 9.17) is 0 Å². The van der Waals surface area contributed by atoms with Crippen LogP contribution in [0.15, 0.2) is 43.0 Å². The van der Waals surface area contributed by atoms with E-state index in [9.17, 15) is 10.1 Å². The number of anilines is 1. The Labute approximate surface area is 113 Å². The number of nitro benzene ring substituents is 1. The van der Waals surface area contributed by atoms with Crippen LogP contribution in [0.4, 0.5) is 11.4 Å². The number of nitrogens with zero attached hydrogens (tertiary/aromatic N) is 3. The number of fused-ring (bicyclic) bond motifs is 1. The minimum Gasteiger partial charge on any atom is -0.380 e. The average molecular weight is 269 g/mol. The predicted molar refractivity (Wildman–Crippen MR) is 74.3 cm³/mol. The second-order valence-electron chi connectivity index (χ2n) is 4.27. The van der Waals surface area contributed by atoms with Gasteiger partial charge in [-0.1, -0.05) is 0 Å². The van der Waals surface area contributed by atoms with Crippen LogP contribution < -0.4 is 5.32 Å². The van der Waals surface area contributed by atoms with E-state index >= 15 is 0 Å². The molecule has 0 unspecified atom stereocenters. The molecule has 0 aliphatic rings. The van der Waals surface area contributed by atoms with Crippen LogP contribution in [-0.4, -0.2) is 20.1 Å². The molecule has 7 nitrogen and oxygen atoms in total. The molecule has 1 aromatic carbocycles. The summed E-state index contributed by atoms with van der Waals surface area (Å²) in [6, 6.07) is 4.85. The van der Waals surface area contributed by atoms with Gasteiger partial charge in [-0.15, -0.1) is 0 Å². The van der Waals surface area contributed by atoms with Crippen molar-refractivity contribution >= 4 is 22.1 Å². The Morgan fingerprint density at radius 2 is 2.15 bits per heavy atom. The van der Waals surface area contributed by atoms with Gasteiger partial charge in [0.2, 0.25) is 0 Å².